The van der Waals surface area contributed by atoms with E-state index in [1.54, 1.807) is 12.3 Å². The van der Waals surface area contributed by atoms with Crippen molar-refractivity contribution in [2.24, 2.45) is 11.1 Å². The normalized spacial score (nSPS) is 24.7. The highest BCUT2D eigenvalue weighted by Gasteiger charge is 2.46. The van der Waals surface area contributed by atoms with Crippen LogP contribution in [-0.4, -0.2) is 49.5 Å². The van der Waals surface area contributed by atoms with Crippen LogP contribution in [0.3, 0.4) is 0 Å². The van der Waals surface area contributed by atoms with Crippen LogP contribution < -0.4 is 11.1 Å². The summed E-state index contributed by atoms with van der Waals surface area (Å²) in [7, 11) is 0. The Bertz CT molecular complexity index is 980. The van der Waals surface area contributed by atoms with Gasteiger partial charge in [0.15, 0.2) is 5.15 Å². The summed E-state index contributed by atoms with van der Waals surface area (Å²) in [5.41, 5.74) is 10.5. The van der Waals surface area contributed by atoms with E-state index in [1.807, 2.05) is 6.20 Å². The molecule has 3 aromatic rings. The SMILES string of the molecule is NC1CC(c2cnc3c(-c4ccnnc4Cl)[nH]nc3n2)CC12CCNCC2. The quantitative estimate of drug-likeness (QED) is 0.618. The highest BCUT2D eigenvalue weighted by molar-refractivity contribution is 6.32. The van der Waals surface area contributed by atoms with Gasteiger partial charge in [-0.3, -0.25) is 5.10 Å². The summed E-state index contributed by atoms with van der Waals surface area (Å²) in [6.07, 6.45) is 7.77. The number of aromatic amines is 1. The molecule has 1 saturated carbocycles. The number of rotatable bonds is 2. The van der Waals surface area contributed by atoms with Crippen LogP contribution in [0.25, 0.3) is 22.4 Å². The molecule has 2 atom stereocenters. The lowest BCUT2D eigenvalue weighted by atomic mass is 9.74. The first kappa shape index (κ1) is 17.0. The van der Waals surface area contributed by atoms with Gasteiger partial charge >= 0.3 is 0 Å². The maximum absolute atomic E-state index is 6.56. The van der Waals surface area contributed by atoms with Gasteiger partial charge < -0.3 is 11.1 Å². The molecule has 2 aliphatic rings. The lowest BCUT2D eigenvalue weighted by Crippen LogP contribution is -2.45. The highest BCUT2D eigenvalue weighted by Crippen LogP contribution is 2.50. The molecular weight excluding hydrogens is 364 g/mol. The summed E-state index contributed by atoms with van der Waals surface area (Å²) in [6, 6.07) is 2.01. The average Bonchev–Trinajstić information content (AvgIpc) is 3.24. The molecule has 2 fully saturated rings. The minimum Gasteiger partial charge on any atom is -0.327 e. The van der Waals surface area contributed by atoms with Crippen LogP contribution in [0, 0.1) is 5.41 Å². The molecule has 140 valence electrons. The van der Waals surface area contributed by atoms with E-state index in [2.05, 4.69) is 30.7 Å². The zero-order valence-corrected chi connectivity index (χ0v) is 15.6. The smallest absolute Gasteiger partial charge is 0.200 e. The second kappa shape index (κ2) is 6.47. The third-order valence-corrected chi connectivity index (χ3v) is 6.50. The van der Waals surface area contributed by atoms with Crippen LogP contribution in [0.2, 0.25) is 5.15 Å². The maximum Gasteiger partial charge on any atom is 0.200 e. The second-order valence-electron chi connectivity index (χ2n) is 7.66. The largest absolute Gasteiger partial charge is 0.327 e. The molecule has 5 rings (SSSR count). The number of hydrogen-bond acceptors (Lipinski definition) is 7. The Balaban J connectivity index is 1.47. The van der Waals surface area contributed by atoms with E-state index in [4.69, 9.17) is 22.3 Å². The zero-order valence-electron chi connectivity index (χ0n) is 14.8. The van der Waals surface area contributed by atoms with Crippen molar-refractivity contribution in [3.8, 4) is 11.3 Å². The number of halogens is 1. The van der Waals surface area contributed by atoms with Gasteiger partial charge in [0, 0.05) is 23.7 Å². The predicted molar refractivity (Wildman–Crippen MR) is 102 cm³/mol. The van der Waals surface area contributed by atoms with Crippen LogP contribution in [0.15, 0.2) is 18.5 Å². The summed E-state index contributed by atoms with van der Waals surface area (Å²) in [4.78, 5) is 9.44. The van der Waals surface area contributed by atoms with E-state index in [9.17, 15) is 0 Å². The molecule has 2 unspecified atom stereocenters. The van der Waals surface area contributed by atoms with Crippen LogP contribution in [0.5, 0.6) is 0 Å². The molecule has 3 aromatic heterocycles. The molecule has 0 aromatic carbocycles. The Morgan fingerprint density at radius 3 is 2.93 bits per heavy atom. The molecule has 4 N–H and O–H groups in total. The molecule has 0 amide bonds. The van der Waals surface area contributed by atoms with Crippen LogP contribution in [-0.2, 0) is 0 Å². The standard InChI is InChI=1S/C18H21ClN8/c19-16-11(1-4-23-26-16)14-15-17(27-25-14)24-12(9-22-15)10-7-13(20)18(8-10)2-5-21-6-3-18/h1,4,9-10,13,21H,2-3,5-8,20H2,(H,24,25,27). The first-order valence-electron chi connectivity index (χ1n) is 9.31. The van der Waals surface area contributed by atoms with Crippen molar-refractivity contribution in [3.05, 3.63) is 29.3 Å². The molecular formula is C18H21ClN8. The molecule has 0 bridgehead atoms. The molecule has 0 radical (unpaired) electrons. The van der Waals surface area contributed by atoms with Gasteiger partial charge in [-0.15, -0.1) is 5.10 Å². The van der Waals surface area contributed by atoms with E-state index >= 15 is 0 Å². The van der Waals surface area contributed by atoms with Crippen molar-refractivity contribution < 1.29 is 0 Å². The third kappa shape index (κ3) is 2.79. The first-order valence-corrected chi connectivity index (χ1v) is 9.69. The van der Waals surface area contributed by atoms with Gasteiger partial charge in [-0.25, -0.2) is 9.97 Å². The number of hydrogen-bond donors (Lipinski definition) is 3. The second-order valence-corrected chi connectivity index (χ2v) is 8.02. The minimum absolute atomic E-state index is 0.221. The van der Waals surface area contributed by atoms with Gasteiger partial charge in [-0.05, 0) is 50.3 Å². The number of nitrogens with one attached hydrogen (secondary N) is 2. The molecule has 27 heavy (non-hydrogen) atoms. The summed E-state index contributed by atoms with van der Waals surface area (Å²) in [5, 5.41) is 18.7. The molecule has 9 heteroatoms. The Hall–Kier alpha value is -2.16. The lowest BCUT2D eigenvalue weighted by molar-refractivity contribution is 0.181. The Kier molecular flexibility index (Phi) is 4.07. The monoisotopic (exact) mass is 384 g/mol. The zero-order chi connectivity index (χ0) is 18.4. The fourth-order valence-electron chi connectivity index (χ4n) is 4.70. The van der Waals surface area contributed by atoms with Crippen LogP contribution in [0.4, 0.5) is 0 Å². The van der Waals surface area contributed by atoms with Crippen molar-refractivity contribution in [2.45, 2.75) is 37.6 Å². The topological polar surface area (TPSA) is 118 Å². The van der Waals surface area contributed by atoms with Crippen LogP contribution >= 0.6 is 11.6 Å². The fraction of sp³-hybridized carbons (Fsp3) is 0.500. The molecule has 1 spiro atoms. The summed E-state index contributed by atoms with van der Waals surface area (Å²) >= 11 is 6.16. The summed E-state index contributed by atoms with van der Waals surface area (Å²) < 4.78 is 0. The van der Waals surface area contributed by atoms with E-state index < -0.39 is 0 Å². The number of H-pyrrole nitrogens is 1. The molecule has 1 saturated heterocycles. The third-order valence-electron chi connectivity index (χ3n) is 6.22. The average molecular weight is 385 g/mol. The van der Waals surface area contributed by atoms with Gasteiger partial charge in [0.05, 0.1) is 17.6 Å². The summed E-state index contributed by atoms with van der Waals surface area (Å²) in [6.45, 7) is 2.10. The minimum atomic E-state index is 0.221. The highest BCUT2D eigenvalue weighted by atomic mass is 35.5. The Labute approximate surface area is 161 Å². The van der Waals surface area contributed by atoms with Gasteiger partial charge in [-0.2, -0.15) is 10.2 Å². The Morgan fingerprint density at radius 1 is 1.26 bits per heavy atom. The van der Waals surface area contributed by atoms with E-state index in [-0.39, 0.29) is 11.5 Å². The van der Waals surface area contributed by atoms with Crippen molar-refractivity contribution in [1.29, 1.82) is 0 Å². The molecule has 1 aliphatic carbocycles. The van der Waals surface area contributed by atoms with Gasteiger partial charge in [0.25, 0.3) is 0 Å². The van der Waals surface area contributed by atoms with E-state index in [0.717, 1.165) is 44.5 Å². The van der Waals surface area contributed by atoms with Gasteiger partial charge in [-0.1, -0.05) is 11.6 Å². The van der Waals surface area contributed by atoms with Gasteiger partial charge in [0.1, 0.15) is 5.52 Å². The summed E-state index contributed by atoms with van der Waals surface area (Å²) in [5.74, 6) is 0.335. The van der Waals surface area contributed by atoms with E-state index in [0.29, 0.717) is 33.5 Å². The van der Waals surface area contributed by atoms with Crippen molar-refractivity contribution in [2.75, 3.05) is 13.1 Å². The first-order chi connectivity index (χ1) is 13.2. The van der Waals surface area contributed by atoms with Crippen molar-refractivity contribution >= 4 is 22.8 Å². The van der Waals surface area contributed by atoms with Crippen molar-refractivity contribution in [3.63, 3.8) is 0 Å². The number of piperidine rings is 1. The fourth-order valence-corrected chi connectivity index (χ4v) is 4.90. The number of fused-ring (bicyclic) bond motifs is 1. The molecule has 1 aliphatic heterocycles. The lowest BCUT2D eigenvalue weighted by Gasteiger charge is -2.37. The number of nitrogens with zero attached hydrogens (tertiary/aromatic N) is 5. The predicted octanol–water partition coefficient (Wildman–Crippen LogP) is 2.04. The Morgan fingerprint density at radius 2 is 2.11 bits per heavy atom. The van der Waals surface area contributed by atoms with E-state index in [1.165, 1.54) is 0 Å². The van der Waals surface area contributed by atoms with Crippen LogP contribution in [0.1, 0.15) is 37.3 Å². The maximum atomic E-state index is 6.56. The molecule has 8 nitrogen and oxygen atoms in total. The number of nitrogens with two attached hydrogens (primary N) is 1. The molecule has 4 heterocycles. The van der Waals surface area contributed by atoms with Gasteiger partial charge in [0.2, 0.25) is 5.65 Å². The number of aromatic nitrogens is 6. The van der Waals surface area contributed by atoms with Crippen molar-refractivity contribution in [1.82, 2.24) is 35.7 Å².